The van der Waals surface area contributed by atoms with Crippen LogP contribution in [0.1, 0.15) is 27.8 Å². The van der Waals surface area contributed by atoms with Gasteiger partial charge in [0.2, 0.25) is 5.91 Å². The molecule has 0 radical (unpaired) electrons. The van der Waals surface area contributed by atoms with Gasteiger partial charge in [-0.3, -0.25) is 4.79 Å². The van der Waals surface area contributed by atoms with Crippen molar-refractivity contribution in [2.24, 2.45) is 5.10 Å². The molecular formula is C24H21Cl3N2O2. The molecule has 0 spiro atoms. The highest BCUT2D eigenvalue weighted by molar-refractivity contribution is 6.42. The molecule has 0 heterocycles. The molecule has 3 aromatic rings. The maximum absolute atomic E-state index is 12.3. The normalized spacial score (nSPS) is 11.0. The number of hydrogen-bond acceptors (Lipinski definition) is 3. The van der Waals surface area contributed by atoms with E-state index < -0.39 is 0 Å². The van der Waals surface area contributed by atoms with E-state index >= 15 is 0 Å². The second-order valence-corrected chi connectivity index (χ2v) is 8.37. The zero-order valence-corrected chi connectivity index (χ0v) is 19.4. The minimum absolute atomic E-state index is 0.205. The number of hydrazone groups is 1. The van der Waals surface area contributed by atoms with Crippen LogP contribution in [0.3, 0.4) is 0 Å². The number of hydrogen-bond donors (Lipinski definition) is 1. The number of carbonyl (C=O) groups excluding carboxylic acids is 1. The van der Waals surface area contributed by atoms with Gasteiger partial charge in [0.05, 0.1) is 22.7 Å². The number of halogens is 3. The smallest absolute Gasteiger partial charge is 0.244 e. The fourth-order valence-corrected chi connectivity index (χ4v) is 3.47. The van der Waals surface area contributed by atoms with Crippen molar-refractivity contribution >= 4 is 46.9 Å². The van der Waals surface area contributed by atoms with Gasteiger partial charge in [-0.2, -0.15) is 5.10 Å². The highest BCUT2D eigenvalue weighted by Crippen LogP contribution is 2.25. The number of rotatable bonds is 7. The van der Waals surface area contributed by atoms with E-state index in [1.165, 1.54) is 6.21 Å². The quantitative estimate of drug-likeness (QED) is 0.312. The molecule has 1 N–H and O–H groups in total. The van der Waals surface area contributed by atoms with Crippen LogP contribution in [-0.4, -0.2) is 12.1 Å². The zero-order valence-electron chi connectivity index (χ0n) is 17.1. The van der Waals surface area contributed by atoms with E-state index in [2.05, 4.69) is 16.6 Å². The van der Waals surface area contributed by atoms with Crippen molar-refractivity contribution in [3.8, 4) is 5.75 Å². The first-order valence-corrected chi connectivity index (χ1v) is 10.7. The van der Waals surface area contributed by atoms with Crippen molar-refractivity contribution in [2.45, 2.75) is 26.9 Å². The minimum Gasteiger partial charge on any atom is -0.488 e. The van der Waals surface area contributed by atoms with Crippen LogP contribution in [0, 0.1) is 13.8 Å². The van der Waals surface area contributed by atoms with E-state index in [0.29, 0.717) is 33.0 Å². The summed E-state index contributed by atoms with van der Waals surface area (Å²) in [6, 6.07) is 16.5. The van der Waals surface area contributed by atoms with Crippen LogP contribution in [0.2, 0.25) is 15.1 Å². The van der Waals surface area contributed by atoms with Gasteiger partial charge in [0.1, 0.15) is 12.4 Å². The van der Waals surface area contributed by atoms with Crippen LogP contribution < -0.4 is 10.2 Å². The monoisotopic (exact) mass is 474 g/mol. The molecule has 0 aliphatic rings. The molecule has 160 valence electrons. The molecule has 4 nitrogen and oxygen atoms in total. The van der Waals surface area contributed by atoms with Crippen molar-refractivity contribution in [1.29, 1.82) is 0 Å². The maximum atomic E-state index is 12.3. The molecule has 3 rings (SSSR count). The average molecular weight is 476 g/mol. The SMILES string of the molecule is Cc1ccc(CC(=O)N/N=C/c2cc(Cl)ccc2OCc2ccc(Cl)c(Cl)c2)c(C)c1. The van der Waals surface area contributed by atoms with Crippen LogP contribution in [0.15, 0.2) is 59.7 Å². The Bertz CT molecular complexity index is 1130. The van der Waals surface area contributed by atoms with E-state index in [1.54, 1.807) is 30.3 Å². The van der Waals surface area contributed by atoms with E-state index in [1.807, 2.05) is 32.0 Å². The summed E-state index contributed by atoms with van der Waals surface area (Å²) in [5.74, 6) is 0.367. The highest BCUT2D eigenvalue weighted by Gasteiger charge is 2.07. The van der Waals surface area contributed by atoms with Gasteiger partial charge in [-0.25, -0.2) is 5.43 Å². The molecule has 3 aromatic carbocycles. The first-order valence-electron chi connectivity index (χ1n) is 9.56. The van der Waals surface area contributed by atoms with Crippen molar-refractivity contribution in [3.63, 3.8) is 0 Å². The van der Waals surface area contributed by atoms with Crippen LogP contribution >= 0.6 is 34.8 Å². The fraction of sp³-hybridized carbons (Fsp3) is 0.167. The number of benzene rings is 3. The van der Waals surface area contributed by atoms with Gasteiger partial charge in [0.25, 0.3) is 0 Å². The first kappa shape index (κ1) is 23.1. The lowest BCUT2D eigenvalue weighted by atomic mass is 10.0. The van der Waals surface area contributed by atoms with Crippen LogP contribution in [0.4, 0.5) is 0 Å². The average Bonchev–Trinajstić information content (AvgIpc) is 2.72. The van der Waals surface area contributed by atoms with Gasteiger partial charge < -0.3 is 4.74 Å². The Morgan fingerprint density at radius 2 is 1.81 bits per heavy atom. The number of ether oxygens (including phenoxy) is 1. The van der Waals surface area contributed by atoms with Gasteiger partial charge >= 0.3 is 0 Å². The van der Waals surface area contributed by atoms with Gasteiger partial charge in [-0.15, -0.1) is 0 Å². The van der Waals surface area contributed by atoms with Crippen molar-refractivity contribution in [3.05, 3.63) is 97.5 Å². The Morgan fingerprint density at radius 1 is 1.00 bits per heavy atom. The summed E-state index contributed by atoms with van der Waals surface area (Å²) in [5, 5.41) is 5.55. The second kappa shape index (κ2) is 10.7. The van der Waals surface area contributed by atoms with Crippen molar-refractivity contribution < 1.29 is 9.53 Å². The molecule has 0 atom stereocenters. The van der Waals surface area contributed by atoms with E-state index in [4.69, 9.17) is 39.5 Å². The molecule has 0 aliphatic carbocycles. The summed E-state index contributed by atoms with van der Waals surface area (Å²) in [7, 11) is 0. The van der Waals surface area contributed by atoms with Gasteiger partial charge in [0, 0.05) is 10.6 Å². The van der Waals surface area contributed by atoms with Gasteiger partial charge in [-0.1, -0.05) is 64.6 Å². The highest BCUT2D eigenvalue weighted by atomic mass is 35.5. The number of carbonyl (C=O) groups is 1. The molecule has 0 saturated heterocycles. The van der Waals surface area contributed by atoms with Gasteiger partial charge in [-0.05, 0) is 60.9 Å². The first-order chi connectivity index (χ1) is 14.8. The fourth-order valence-electron chi connectivity index (χ4n) is 2.97. The van der Waals surface area contributed by atoms with E-state index in [-0.39, 0.29) is 12.3 Å². The standard InChI is InChI=1S/C24H21Cl3N2O2/c1-15-3-5-18(16(2)9-15)12-24(30)29-28-13-19-11-20(25)6-8-23(19)31-14-17-4-7-21(26)22(27)10-17/h3-11,13H,12,14H2,1-2H3,(H,29,30)/b28-13+. The van der Waals surface area contributed by atoms with E-state index in [0.717, 1.165) is 22.3 Å². The molecular weight excluding hydrogens is 455 g/mol. The van der Waals surface area contributed by atoms with Crippen LogP contribution in [-0.2, 0) is 17.8 Å². The van der Waals surface area contributed by atoms with Crippen molar-refractivity contribution in [1.82, 2.24) is 5.43 Å². The lowest BCUT2D eigenvalue weighted by Gasteiger charge is -2.10. The lowest BCUT2D eigenvalue weighted by Crippen LogP contribution is -2.20. The summed E-state index contributed by atoms with van der Waals surface area (Å²) >= 11 is 18.1. The third kappa shape index (κ3) is 6.73. The minimum atomic E-state index is -0.205. The lowest BCUT2D eigenvalue weighted by molar-refractivity contribution is -0.120. The Morgan fingerprint density at radius 3 is 2.55 bits per heavy atom. The number of amides is 1. The van der Waals surface area contributed by atoms with Crippen molar-refractivity contribution in [2.75, 3.05) is 0 Å². The zero-order chi connectivity index (χ0) is 22.4. The Balaban J connectivity index is 1.64. The second-order valence-electron chi connectivity index (χ2n) is 7.12. The summed E-state index contributed by atoms with van der Waals surface area (Å²) in [6.45, 7) is 4.30. The molecule has 0 saturated carbocycles. The number of nitrogens with one attached hydrogen (secondary N) is 1. The maximum Gasteiger partial charge on any atom is 0.244 e. The summed E-state index contributed by atoms with van der Waals surface area (Å²) in [5.41, 5.74) is 7.26. The third-order valence-corrected chi connectivity index (χ3v) is 5.57. The summed E-state index contributed by atoms with van der Waals surface area (Å²) in [6.07, 6.45) is 1.76. The van der Waals surface area contributed by atoms with Crippen LogP contribution in [0.25, 0.3) is 0 Å². The van der Waals surface area contributed by atoms with Gasteiger partial charge in [0.15, 0.2) is 0 Å². The predicted molar refractivity (Wildman–Crippen MR) is 128 cm³/mol. The Labute approximate surface area is 196 Å². The third-order valence-electron chi connectivity index (χ3n) is 4.59. The molecule has 7 heteroatoms. The molecule has 0 fully saturated rings. The molecule has 0 unspecified atom stereocenters. The summed E-state index contributed by atoms with van der Waals surface area (Å²) < 4.78 is 5.89. The Hall–Kier alpha value is -2.53. The number of aryl methyl sites for hydroxylation is 2. The molecule has 0 aliphatic heterocycles. The Kier molecular flexibility index (Phi) is 7.97. The molecule has 31 heavy (non-hydrogen) atoms. The summed E-state index contributed by atoms with van der Waals surface area (Å²) in [4.78, 5) is 12.3. The van der Waals surface area contributed by atoms with E-state index in [9.17, 15) is 4.79 Å². The van der Waals surface area contributed by atoms with Crippen LogP contribution in [0.5, 0.6) is 5.75 Å². The number of nitrogens with zero attached hydrogens (tertiary/aromatic N) is 1. The predicted octanol–water partition coefficient (Wildman–Crippen LogP) is 6.54. The largest absolute Gasteiger partial charge is 0.488 e. The molecule has 0 aromatic heterocycles. The molecule has 0 bridgehead atoms. The molecule has 1 amide bonds. The topological polar surface area (TPSA) is 50.7 Å².